The number of halogens is 2. The summed E-state index contributed by atoms with van der Waals surface area (Å²) in [5.41, 5.74) is 0.213. The lowest BCUT2D eigenvalue weighted by atomic mass is 9.84. The molecular formula is C12H17BF2N2O2. The number of alkyl halides is 2. The van der Waals surface area contributed by atoms with Crippen molar-refractivity contribution >= 4 is 12.7 Å². The molecule has 1 saturated heterocycles. The smallest absolute Gasteiger partial charge is 0.398 e. The van der Waals surface area contributed by atoms with Crippen molar-refractivity contribution < 1.29 is 18.1 Å². The summed E-state index contributed by atoms with van der Waals surface area (Å²) < 4.78 is 39.5. The van der Waals surface area contributed by atoms with E-state index in [0.717, 1.165) is 0 Å². The van der Waals surface area contributed by atoms with Crippen molar-refractivity contribution in [3.63, 3.8) is 0 Å². The monoisotopic (exact) mass is 270 g/mol. The van der Waals surface area contributed by atoms with Crippen molar-refractivity contribution in [2.24, 2.45) is 0 Å². The predicted molar refractivity (Wildman–Crippen MR) is 66.6 cm³/mol. The molecule has 1 fully saturated rings. The number of aromatic nitrogens is 2. The molecule has 0 aliphatic carbocycles. The highest BCUT2D eigenvalue weighted by molar-refractivity contribution is 6.61. The Labute approximate surface area is 111 Å². The second-order valence-corrected chi connectivity index (χ2v) is 6.34. The molecule has 0 aromatic carbocycles. The molecule has 0 N–H and O–H groups in total. The zero-order valence-electron chi connectivity index (χ0n) is 11.5. The highest BCUT2D eigenvalue weighted by Crippen LogP contribution is 2.36. The lowest BCUT2D eigenvalue weighted by Crippen LogP contribution is -2.41. The van der Waals surface area contributed by atoms with Crippen LogP contribution in [0.1, 0.15) is 33.4 Å². The third-order valence-electron chi connectivity index (χ3n) is 4.20. The number of nitrogens with zero attached hydrogens (tertiary/aromatic N) is 2. The summed E-state index contributed by atoms with van der Waals surface area (Å²) in [6.07, 6.45) is -0.264. The zero-order chi connectivity index (χ0) is 14.1. The number of hydrogen-bond acceptors (Lipinski definition) is 3. The molecule has 0 spiro atoms. The second-order valence-electron chi connectivity index (χ2n) is 6.34. The second kappa shape index (κ2) is 3.58. The van der Waals surface area contributed by atoms with E-state index in [2.05, 4.69) is 5.10 Å². The molecule has 0 unspecified atom stereocenters. The molecule has 2 aliphatic rings. The number of hydrogen-bond donors (Lipinski definition) is 0. The van der Waals surface area contributed by atoms with Gasteiger partial charge in [0.25, 0.3) is 5.92 Å². The first-order chi connectivity index (χ1) is 8.60. The van der Waals surface area contributed by atoms with Gasteiger partial charge in [0.15, 0.2) is 0 Å². The van der Waals surface area contributed by atoms with Gasteiger partial charge in [-0.25, -0.2) is 8.78 Å². The SMILES string of the molecule is CC1(C)OB(c2cc3n(n2)CC(F)(F)C3)OC1(C)C. The van der Waals surface area contributed by atoms with Gasteiger partial charge in [-0.3, -0.25) is 4.68 Å². The van der Waals surface area contributed by atoms with Gasteiger partial charge in [0, 0.05) is 5.69 Å². The Morgan fingerprint density at radius 3 is 2.32 bits per heavy atom. The van der Waals surface area contributed by atoms with E-state index < -0.39 is 24.2 Å². The number of rotatable bonds is 1. The standard InChI is InChI=1S/C12H17BF2N2O2/c1-10(2)11(3,4)19-13(18-10)9-5-8-6-12(14,15)7-17(8)16-9/h5H,6-7H2,1-4H3. The molecular weight excluding hydrogens is 253 g/mol. The highest BCUT2D eigenvalue weighted by atomic mass is 19.3. The molecule has 0 amide bonds. The first-order valence-corrected chi connectivity index (χ1v) is 6.40. The molecule has 3 heterocycles. The van der Waals surface area contributed by atoms with Gasteiger partial charge < -0.3 is 9.31 Å². The van der Waals surface area contributed by atoms with Crippen molar-refractivity contribution in [3.8, 4) is 0 Å². The van der Waals surface area contributed by atoms with E-state index in [1.165, 1.54) is 4.68 Å². The van der Waals surface area contributed by atoms with Crippen LogP contribution in [0.15, 0.2) is 6.07 Å². The Morgan fingerprint density at radius 2 is 1.79 bits per heavy atom. The minimum Gasteiger partial charge on any atom is -0.398 e. The predicted octanol–water partition coefficient (Wildman–Crippen LogP) is 1.37. The van der Waals surface area contributed by atoms with Crippen molar-refractivity contribution in [2.45, 2.75) is 57.8 Å². The lowest BCUT2D eigenvalue weighted by molar-refractivity contribution is 0.00106. The first-order valence-electron chi connectivity index (χ1n) is 6.40. The molecule has 0 atom stereocenters. The van der Waals surface area contributed by atoms with Gasteiger partial charge in [-0.05, 0) is 33.8 Å². The minimum absolute atomic E-state index is 0.264. The molecule has 4 nitrogen and oxygen atoms in total. The Balaban J connectivity index is 1.84. The van der Waals surface area contributed by atoms with E-state index in [1.54, 1.807) is 6.07 Å². The third-order valence-corrected chi connectivity index (χ3v) is 4.20. The Morgan fingerprint density at radius 1 is 1.21 bits per heavy atom. The number of fused-ring (bicyclic) bond motifs is 1. The summed E-state index contributed by atoms with van der Waals surface area (Å²) in [5, 5.41) is 4.19. The first kappa shape index (κ1) is 13.1. The molecule has 7 heteroatoms. The zero-order valence-corrected chi connectivity index (χ0v) is 11.5. The topological polar surface area (TPSA) is 36.3 Å². The van der Waals surface area contributed by atoms with Crippen LogP contribution in [-0.4, -0.2) is 34.0 Å². The van der Waals surface area contributed by atoms with Crippen LogP contribution in [0, 0.1) is 0 Å². The summed E-state index contributed by atoms with van der Waals surface area (Å²) in [6.45, 7) is 7.44. The maximum atomic E-state index is 13.2. The average Bonchev–Trinajstić information content (AvgIpc) is 2.74. The molecule has 0 radical (unpaired) electrons. The fourth-order valence-electron chi connectivity index (χ4n) is 2.38. The Bertz CT molecular complexity index is 486. The molecule has 1 aromatic rings. The van der Waals surface area contributed by atoms with E-state index in [4.69, 9.17) is 9.31 Å². The van der Waals surface area contributed by atoms with Gasteiger partial charge in [0.05, 0.1) is 23.2 Å². The van der Waals surface area contributed by atoms with Gasteiger partial charge in [0.2, 0.25) is 0 Å². The fourth-order valence-corrected chi connectivity index (χ4v) is 2.38. The minimum atomic E-state index is -2.68. The van der Waals surface area contributed by atoms with Crippen molar-refractivity contribution in [2.75, 3.05) is 0 Å². The average molecular weight is 270 g/mol. The Kier molecular flexibility index (Phi) is 2.46. The van der Waals surface area contributed by atoms with Crippen LogP contribution in [0.5, 0.6) is 0 Å². The summed E-state index contributed by atoms with van der Waals surface area (Å²) in [6, 6.07) is 1.66. The third kappa shape index (κ3) is 1.99. The van der Waals surface area contributed by atoms with Crippen molar-refractivity contribution in [1.82, 2.24) is 9.78 Å². The molecule has 0 saturated carbocycles. The lowest BCUT2D eigenvalue weighted by Gasteiger charge is -2.32. The van der Waals surface area contributed by atoms with Crippen LogP contribution in [0.25, 0.3) is 0 Å². The summed E-state index contributed by atoms with van der Waals surface area (Å²) in [7, 11) is -0.586. The van der Waals surface area contributed by atoms with Gasteiger partial charge in [-0.15, -0.1) is 0 Å². The van der Waals surface area contributed by atoms with Crippen LogP contribution in [-0.2, 0) is 22.3 Å². The molecule has 19 heavy (non-hydrogen) atoms. The van der Waals surface area contributed by atoms with E-state index in [1.807, 2.05) is 27.7 Å². The van der Waals surface area contributed by atoms with E-state index in [-0.39, 0.29) is 13.0 Å². The van der Waals surface area contributed by atoms with Crippen LogP contribution in [0.4, 0.5) is 8.78 Å². The maximum absolute atomic E-state index is 13.2. The molecule has 1 aromatic heterocycles. The largest absolute Gasteiger partial charge is 0.516 e. The van der Waals surface area contributed by atoms with Gasteiger partial charge in [-0.2, -0.15) is 5.10 Å². The maximum Gasteiger partial charge on any atom is 0.516 e. The molecule has 3 rings (SSSR count). The van der Waals surface area contributed by atoms with Crippen molar-refractivity contribution in [1.29, 1.82) is 0 Å². The van der Waals surface area contributed by atoms with Gasteiger partial charge in [0.1, 0.15) is 6.54 Å². The van der Waals surface area contributed by atoms with Crippen LogP contribution in [0.3, 0.4) is 0 Å². The summed E-state index contributed by atoms with van der Waals surface area (Å²) >= 11 is 0. The fraction of sp³-hybridized carbons (Fsp3) is 0.750. The highest BCUT2D eigenvalue weighted by Gasteiger charge is 2.53. The molecule has 2 aliphatic heterocycles. The van der Waals surface area contributed by atoms with E-state index in [0.29, 0.717) is 11.3 Å². The van der Waals surface area contributed by atoms with E-state index >= 15 is 0 Å². The van der Waals surface area contributed by atoms with Gasteiger partial charge >= 0.3 is 7.12 Å². The van der Waals surface area contributed by atoms with Crippen molar-refractivity contribution in [3.05, 3.63) is 11.8 Å². The quantitative estimate of drug-likeness (QED) is 0.723. The Hall–Kier alpha value is -0.945. The molecule has 104 valence electrons. The summed E-state index contributed by atoms with van der Waals surface area (Å²) in [5.74, 6) is -2.68. The van der Waals surface area contributed by atoms with Crippen LogP contribution in [0.2, 0.25) is 0 Å². The molecule has 0 bridgehead atoms. The van der Waals surface area contributed by atoms with Crippen LogP contribution >= 0.6 is 0 Å². The normalized spacial score (nSPS) is 26.7. The van der Waals surface area contributed by atoms with Crippen LogP contribution < -0.4 is 5.59 Å². The van der Waals surface area contributed by atoms with Gasteiger partial charge in [-0.1, -0.05) is 0 Å². The summed E-state index contributed by atoms with van der Waals surface area (Å²) in [4.78, 5) is 0. The van der Waals surface area contributed by atoms with E-state index in [9.17, 15) is 8.78 Å².